The van der Waals surface area contributed by atoms with Gasteiger partial charge in [0.15, 0.2) is 0 Å². The summed E-state index contributed by atoms with van der Waals surface area (Å²) in [5.41, 5.74) is 1.22. The van der Waals surface area contributed by atoms with Gasteiger partial charge in [0, 0.05) is 12.4 Å². The lowest BCUT2D eigenvalue weighted by Gasteiger charge is -2.03. The average Bonchev–Trinajstić information content (AvgIpc) is 2.64. The van der Waals surface area contributed by atoms with Crippen molar-refractivity contribution in [1.29, 1.82) is 5.26 Å². The molecule has 5 heteroatoms. The summed E-state index contributed by atoms with van der Waals surface area (Å²) < 4.78 is 1.40. The first-order chi connectivity index (χ1) is 6.66. The maximum atomic E-state index is 11.6. The fraction of sp³-hybridized carbons (Fsp3) is 0.222. The van der Waals surface area contributed by atoms with Crippen molar-refractivity contribution < 1.29 is 0 Å². The van der Waals surface area contributed by atoms with Crippen molar-refractivity contribution >= 4 is 11.0 Å². The Morgan fingerprint density at radius 3 is 3.00 bits per heavy atom. The SMILES string of the molecule is Cc1c(C#N)c(=O)n(C)c2[nH]ncc12. The van der Waals surface area contributed by atoms with E-state index in [0.29, 0.717) is 11.2 Å². The molecule has 14 heavy (non-hydrogen) atoms. The molecule has 2 aromatic heterocycles. The van der Waals surface area contributed by atoms with Crippen LogP contribution in [0.25, 0.3) is 11.0 Å². The standard InChI is InChI=1S/C9H8N4O/c1-5-6(3-10)9(14)13(2)8-7(5)4-11-12-8/h4H,1-2H3,(H,11,12). The normalized spacial score (nSPS) is 10.4. The number of fused-ring (bicyclic) bond motifs is 1. The van der Waals surface area contributed by atoms with E-state index in [2.05, 4.69) is 10.2 Å². The van der Waals surface area contributed by atoms with Gasteiger partial charge in [-0.05, 0) is 12.5 Å². The van der Waals surface area contributed by atoms with E-state index in [1.54, 1.807) is 20.2 Å². The second-order valence-corrected chi connectivity index (χ2v) is 3.11. The Balaban J connectivity index is 3.12. The first-order valence-electron chi connectivity index (χ1n) is 4.09. The van der Waals surface area contributed by atoms with Gasteiger partial charge in [-0.3, -0.25) is 14.5 Å². The lowest BCUT2D eigenvalue weighted by molar-refractivity contribution is 0.872. The van der Waals surface area contributed by atoms with Crippen molar-refractivity contribution in [3.8, 4) is 6.07 Å². The zero-order valence-electron chi connectivity index (χ0n) is 7.83. The summed E-state index contributed by atoms with van der Waals surface area (Å²) in [4.78, 5) is 11.6. The summed E-state index contributed by atoms with van der Waals surface area (Å²) in [7, 11) is 1.61. The van der Waals surface area contributed by atoms with Crippen LogP contribution in [0.15, 0.2) is 11.0 Å². The van der Waals surface area contributed by atoms with E-state index in [0.717, 1.165) is 5.39 Å². The Bertz CT molecular complexity index is 600. The number of nitrogens with one attached hydrogen (secondary N) is 1. The molecule has 0 atom stereocenters. The third-order valence-corrected chi connectivity index (χ3v) is 2.36. The molecule has 2 aromatic rings. The zero-order chi connectivity index (χ0) is 10.3. The molecule has 5 nitrogen and oxygen atoms in total. The van der Waals surface area contributed by atoms with Crippen LogP contribution in [0, 0.1) is 18.3 Å². The molecule has 0 radical (unpaired) electrons. The van der Waals surface area contributed by atoms with Crippen LogP contribution >= 0.6 is 0 Å². The molecule has 0 fully saturated rings. The third-order valence-electron chi connectivity index (χ3n) is 2.36. The van der Waals surface area contributed by atoms with E-state index in [-0.39, 0.29) is 11.1 Å². The van der Waals surface area contributed by atoms with Gasteiger partial charge in [-0.1, -0.05) is 0 Å². The molecular formula is C9H8N4O. The van der Waals surface area contributed by atoms with Gasteiger partial charge in [0.1, 0.15) is 17.3 Å². The van der Waals surface area contributed by atoms with Gasteiger partial charge in [0.25, 0.3) is 5.56 Å². The second kappa shape index (κ2) is 2.70. The molecule has 70 valence electrons. The zero-order valence-corrected chi connectivity index (χ0v) is 7.83. The number of hydrogen-bond acceptors (Lipinski definition) is 3. The summed E-state index contributed by atoms with van der Waals surface area (Å²) in [6.45, 7) is 1.75. The predicted molar refractivity (Wildman–Crippen MR) is 50.8 cm³/mol. The van der Waals surface area contributed by atoms with Gasteiger partial charge >= 0.3 is 0 Å². The minimum absolute atomic E-state index is 0.182. The van der Waals surface area contributed by atoms with Crippen LogP contribution in [0.4, 0.5) is 0 Å². The number of hydrogen-bond donors (Lipinski definition) is 1. The molecule has 0 aliphatic rings. The number of aryl methyl sites for hydroxylation is 2. The van der Waals surface area contributed by atoms with Gasteiger partial charge in [-0.25, -0.2) is 0 Å². The Morgan fingerprint density at radius 2 is 2.36 bits per heavy atom. The van der Waals surface area contributed by atoms with E-state index >= 15 is 0 Å². The van der Waals surface area contributed by atoms with Crippen molar-refractivity contribution in [2.24, 2.45) is 7.05 Å². The van der Waals surface area contributed by atoms with Crippen LogP contribution in [0.5, 0.6) is 0 Å². The van der Waals surface area contributed by atoms with Crippen LogP contribution < -0.4 is 5.56 Å². The van der Waals surface area contributed by atoms with Gasteiger partial charge < -0.3 is 0 Å². The number of H-pyrrole nitrogens is 1. The first kappa shape index (κ1) is 8.51. The van der Waals surface area contributed by atoms with Crippen molar-refractivity contribution in [2.75, 3.05) is 0 Å². The van der Waals surface area contributed by atoms with Crippen LogP contribution in [-0.2, 0) is 7.05 Å². The minimum atomic E-state index is -0.290. The molecule has 0 spiro atoms. The van der Waals surface area contributed by atoms with Crippen LogP contribution in [0.1, 0.15) is 11.1 Å². The van der Waals surface area contributed by atoms with Crippen molar-refractivity contribution in [3.63, 3.8) is 0 Å². The topological polar surface area (TPSA) is 74.5 Å². The summed E-state index contributed by atoms with van der Waals surface area (Å²) in [5, 5.41) is 16.2. The van der Waals surface area contributed by atoms with Crippen molar-refractivity contribution in [2.45, 2.75) is 6.92 Å². The molecule has 0 unspecified atom stereocenters. The number of aromatic amines is 1. The van der Waals surface area contributed by atoms with Crippen molar-refractivity contribution in [3.05, 3.63) is 27.7 Å². The molecule has 0 amide bonds. The second-order valence-electron chi connectivity index (χ2n) is 3.11. The summed E-state index contributed by atoms with van der Waals surface area (Å²) >= 11 is 0. The third kappa shape index (κ3) is 0.879. The van der Waals surface area contributed by atoms with Crippen LogP contribution in [0.2, 0.25) is 0 Å². The van der Waals surface area contributed by atoms with Gasteiger partial charge in [0.2, 0.25) is 0 Å². The molecule has 0 saturated heterocycles. The predicted octanol–water partition coefficient (Wildman–Crippen LogP) is 0.442. The van der Waals surface area contributed by atoms with E-state index in [1.165, 1.54) is 4.57 Å². The first-order valence-corrected chi connectivity index (χ1v) is 4.09. The van der Waals surface area contributed by atoms with Crippen LogP contribution in [-0.4, -0.2) is 14.8 Å². The quantitative estimate of drug-likeness (QED) is 0.651. The highest BCUT2D eigenvalue weighted by atomic mass is 16.1. The Kier molecular flexibility index (Phi) is 1.64. The van der Waals surface area contributed by atoms with E-state index in [4.69, 9.17) is 5.26 Å². The molecular weight excluding hydrogens is 180 g/mol. The van der Waals surface area contributed by atoms with Gasteiger partial charge in [0.05, 0.1) is 6.20 Å². The number of aromatic nitrogens is 3. The number of rotatable bonds is 0. The highest BCUT2D eigenvalue weighted by Crippen LogP contribution is 2.15. The fourth-order valence-electron chi connectivity index (χ4n) is 1.51. The lowest BCUT2D eigenvalue weighted by Crippen LogP contribution is -2.21. The van der Waals surface area contributed by atoms with Crippen LogP contribution in [0.3, 0.4) is 0 Å². The largest absolute Gasteiger partial charge is 0.295 e. The monoisotopic (exact) mass is 188 g/mol. The molecule has 0 aliphatic carbocycles. The molecule has 2 heterocycles. The van der Waals surface area contributed by atoms with Crippen molar-refractivity contribution in [1.82, 2.24) is 14.8 Å². The molecule has 2 rings (SSSR count). The van der Waals surface area contributed by atoms with Gasteiger partial charge in [-0.2, -0.15) is 10.4 Å². The number of nitrogens with zero attached hydrogens (tertiary/aromatic N) is 3. The summed E-state index contributed by atoms with van der Waals surface area (Å²) in [6, 6.07) is 1.91. The highest BCUT2D eigenvalue weighted by Gasteiger charge is 2.12. The molecule has 0 bridgehead atoms. The highest BCUT2D eigenvalue weighted by molar-refractivity contribution is 5.80. The molecule has 1 N–H and O–H groups in total. The maximum absolute atomic E-state index is 11.6. The molecule has 0 aliphatic heterocycles. The minimum Gasteiger partial charge on any atom is -0.295 e. The van der Waals surface area contributed by atoms with E-state index in [9.17, 15) is 4.79 Å². The number of pyridine rings is 1. The lowest BCUT2D eigenvalue weighted by atomic mass is 10.1. The Labute approximate surface area is 79.6 Å². The van der Waals surface area contributed by atoms with E-state index < -0.39 is 0 Å². The summed E-state index contributed by atoms with van der Waals surface area (Å²) in [6.07, 6.45) is 1.62. The smallest absolute Gasteiger partial charge is 0.270 e. The summed E-state index contributed by atoms with van der Waals surface area (Å²) in [5.74, 6) is 0. The Morgan fingerprint density at radius 1 is 1.64 bits per heavy atom. The maximum Gasteiger partial charge on any atom is 0.270 e. The average molecular weight is 188 g/mol. The van der Waals surface area contributed by atoms with Gasteiger partial charge in [-0.15, -0.1) is 0 Å². The Hall–Kier alpha value is -2.09. The molecule has 0 saturated carbocycles. The fourth-order valence-corrected chi connectivity index (χ4v) is 1.51. The number of nitriles is 1. The molecule has 0 aromatic carbocycles. The van der Waals surface area contributed by atoms with E-state index in [1.807, 2.05) is 6.07 Å².